The molecule has 0 aliphatic rings. The maximum Gasteiger partial charge on any atom is 0.240 e. The molecular formula is C23H23N3O5S. The van der Waals surface area contributed by atoms with Crippen molar-refractivity contribution in [2.24, 2.45) is 0 Å². The average molecular weight is 454 g/mol. The lowest BCUT2D eigenvalue weighted by Crippen LogP contribution is -2.32. The van der Waals surface area contributed by atoms with Gasteiger partial charge in [0.05, 0.1) is 52.1 Å². The van der Waals surface area contributed by atoms with Crippen molar-refractivity contribution in [1.82, 2.24) is 9.88 Å². The van der Waals surface area contributed by atoms with Crippen LogP contribution in [0.1, 0.15) is 11.5 Å². The first kappa shape index (κ1) is 21.7. The highest BCUT2D eigenvalue weighted by atomic mass is 32.1. The van der Waals surface area contributed by atoms with E-state index >= 15 is 0 Å². The summed E-state index contributed by atoms with van der Waals surface area (Å²) in [7, 11) is 3.20. The minimum atomic E-state index is -0.175. The second-order valence-electron chi connectivity index (χ2n) is 6.96. The molecule has 0 aliphatic heterocycles. The maximum atomic E-state index is 12.7. The van der Waals surface area contributed by atoms with Crippen LogP contribution in [0.15, 0.2) is 69.2 Å². The van der Waals surface area contributed by atoms with Gasteiger partial charge >= 0.3 is 0 Å². The molecule has 166 valence electrons. The lowest BCUT2D eigenvalue weighted by molar-refractivity contribution is -0.117. The van der Waals surface area contributed by atoms with Gasteiger partial charge in [-0.25, -0.2) is 4.98 Å². The first-order chi connectivity index (χ1) is 15.6. The van der Waals surface area contributed by atoms with E-state index in [0.29, 0.717) is 35.4 Å². The van der Waals surface area contributed by atoms with Crippen molar-refractivity contribution in [3.63, 3.8) is 0 Å². The molecule has 0 aliphatic carbocycles. The molecule has 0 unspecified atom stereocenters. The van der Waals surface area contributed by atoms with Gasteiger partial charge in [-0.15, -0.1) is 11.3 Å². The number of nitrogens with one attached hydrogen (secondary N) is 1. The van der Waals surface area contributed by atoms with E-state index in [1.165, 1.54) is 11.3 Å². The van der Waals surface area contributed by atoms with Crippen LogP contribution in [0, 0.1) is 0 Å². The third kappa shape index (κ3) is 5.37. The van der Waals surface area contributed by atoms with E-state index in [2.05, 4.69) is 10.3 Å². The molecule has 0 saturated heterocycles. The molecule has 0 bridgehead atoms. The predicted molar refractivity (Wildman–Crippen MR) is 121 cm³/mol. The summed E-state index contributed by atoms with van der Waals surface area (Å²) in [6, 6.07) is 12.9. The van der Waals surface area contributed by atoms with Gasteiger partial charge in [-0.3, -0.25) is 9.69 Å². The zero-order valence-electron chi connectivity index (χ0n) is 17.7. The van der Waals surface area contributed by atoms with Gasteiger partial charge in [-0.2, -0.15) is 0 Å². The molecule has 1 aromatic carbocycles. The van der Waals surface area contributed by atoms with Crippen molar-refractivity contribution in [3.8, 4) is 22.8 Å². The number of rotatable bonds is 10. The van der Waals surface area contributed by atoms with Gasteiger partial charge < -0.3 is 23.6 Å². The number of hydrogen-bond acceptors (Lipinski definition) is 8. The fourth-order valence-corrected chi connectivity index (χ4v) is 3.97. The van der Waals surface area contributed by atoms with Crippen LogP contribution in [-0.4, -0.2) is 36.6 Å². The van der Waals surface area contributed by atoms with Crippen LogP contribution in [0.4, 0.5) is 5.13 Å². The van der Waals surface area contributed by atoms with Gasteiger partial charge in [0, 0.05) is 17.0 Å². The van der Waals surface area contributed by atoms with Crippen LogP contribution in [0.5, 0.6) is 11.5 Å². The van der Waals surface area contributed by atoms with Gasteiger partial charge in [0.25, 0.3) is 0 Å². The zero-order chi connectivity index (χ0) is 22.3. The molecule has 4 aromatic rings. The number of thiazole rings is 1. The van der Waals surface area contributed by atoms with Crippen molar-refractivity contribution in [2.75, 3.05) is 26.1 Å². The number of benzene rings is 1. The fraction of sp³-hybridized carbons (Fsp3) is 0.217. The smallest absolute Gasteiger partial charge is 0.240 e. The number of aromatic nitrogens is 1. The molecule has 4 rings (SSSR count). The van der Waals surface area contributed by atoms with Crippen LogP contribution < -0.4 is 14.8 Å². The van der Waals surface area contributed by atoms with Crippen LogP contribution >= 0.6 is 11.3 Å². The lowest BCUT2D eigenvalue weighted by Gasteiger charge is -2.19. The van der Waals surface area contributed by atoms with E-state index in [0.717, 1.165) is 17.1 Å². The quantitative estimate of drug-likeness (QED) is 0.374. The molecule has 0 saturated carbocycles. The molecule has 0 radical (unpaired) electrons. The van der Waals surface area contributed by atoms with Gasteiger partial charge in [0.1, 0.15) is 23.0 Å². The number of amides is 1. The Kier molecular flexibility index (Phi) is 6.88. The third-order valence-electron chi connectivity index (χ3n) is 4.72. The lowest BCUT2D eigenvalue weighted by atomic mass is 10.1. The van der Waals surface area contributed by atoms with Crippen molar-refractivity contribution in [1.29, 1.82) is 0 Å². The molecule has 0 spiro atoms. The van der Waals surface area contributed by atoms with E-state index < -0.39 is 0 Å². The second-order valence-corrected chi connectivity index (χ2v) is 7.81. The van der Waals surface area contributed by atoms with Crippen LogP contribution in [0.2, 0.25) is 0 Å². The van der Waals surface area contributed by atoms with Crippen LogP contribution in [0.25, 0.3) is 11.3 Å². The minimum absolute atomic E-state index is 0.155. The molecule has 9 heteroatoms. The van der Waals surface area contributed by atoms with Gasteiger partial charge in [-0.1, -0.05) is 0 Å². The van der Waals surface area contributed by atoms with E-state index in [1.807, 2.05) is 46.7 Å². The van der Waals surface area contributed by atoms with E-state index in [4.69, 9.17) is 18.3 Å². The average Bonchev–Trinajstić information content (AvgIpc) is 3.57. The third-order valence-corrected chi connectivity index (χ3v) is 5.48. The Morgan fingerprint density at radius 3 is 2.38 bits per heavy atom. The zero-order valence-corrected chi connectivity index (χ0v) is 18.6. The Labute approximate surface area is 189 Å². The highest BCUT2D eigenvalue weighted by Crippen LogP contribution is 2.34. The van der Waals surface area contributed by atoms with E-state index in [1.54, 1.807) is 32.8 Å². The molecule has 1 N–H and O–H groups in total. The minimum Gasteiger partial charge on any atom is -0.497 e. The Morgan fingerprint density at radius 2 is 1.78 bits per heavy atom. The van der Waals surface area contributed by atoms with Crippen molar-refractivity contribution >= 4 is 22.4 Å². The number of nitrogens with zero attached hydrogens (tertiary/aromatic N) is 2. The molecule has 3 aromatic heterocycles. The summed E-state index contributed by atoms with van der Waals surface area (Å²) in [5.74, 6) is 2.71. The van der Waals surface area contributed by atoms with Crippen molar-refractivity contribution < 1.29 is 23.1 Å². The monoisotopic (exact) mass is 453 g/mol. The van der Waals surface area contributed by atoms with Gasteiger partial charge in [0.2, 0.25) is 5.91 Å². The number of carbonyl (C=O) groups is 1. The van der Waals surface area contributed by atoms with Crippen molar-refractivity contribution in [3.05, 3.63) is 71.9 Å². The molecule has 0 atom stereocenters. The first-order valence-electron chi connectivity index (χ1n) is 9.89. The standard InChI is InChI=1S/C23H23N3O5S/c1-28-16-7-8-19(21(11-16)29-2)20-15-32-23(24-20)25-22(27)14-26(12-17-5-3-9-30-17)13-18-6-4-10-31-18/h3-11,15H,12-14H2,1-2H3,(H,24,25,27). The summed E-state index contributed by atoms with van der Waals surface area (Å²) in [5.41, 5.74) is 1.54. The Morgan fingerprint density at radius 1 is 1.06 bits per heavy atom. The Bertz CT molecular complexity index is 1100. The number of methoxy groups -OCH3 is 2. The highest BCUT2D eigenvalue weighted by molar-refractivity contribution is 7.14. The summed E-state index contributed by atoms with van der Waals surface area (Å²) in [6.07, 6.45) is 3.23. The summed E-state index contributed by atoms with van der Waals surface area (Å²) < 4.78 is 21.6. The predicted octanol–water partition coefficient (Wildman–Crippen LogP) is 4.65. The number of furan rings is 2. The summed E-state index contributed by atoms with van der Waals surface area (Å²) in [6.45, 7) is 1.11. The second kappa shape index (κ2) is 10.2. The number of ether oxygens (including phenoxy) is 2. The fourth-order valence-electron chi connectivity index (χ4n) is 3.24. The van der Waals surface area contributed by atoms with Gasteiger partial charge in [0.15, 0.2) is 5.13 Å². The van der Waals surface area contributed by atoms with Crippen LogP contribution in [0.3, 0.4) is 0 Å². The summed E-state index contributed by atoms with van der Waals surface area (Å²) in [5, 5.41) is 5.27. The maximum absolute atomic E-state index is 12.7. The molecular weight excluding hydrogens is 430 g/mol. The summed E-state index contributed by atoms with van der Waals surface area (Å²) >= 11 is 1.35. The Balaban J connectivity index is 1.43. The first-order valence-corrected chi connectivity index (χ1v) is 10.8. The number of hydrogen-bond donors (Lipinski definition) is 1. The largest absolute Gasteiger partial charge is 0.497 e. The van der Waals surface area contributed by atoms with Crippen molar-refractivity contribution in [2.45, 2.75) is 13.1 Å². The van der Waals surface area contributed by atoms with E-state index in [-0.39, 0.29) is 12.5 Å². The Hall–Kier alpha value is -3.56. The number of anilines is 1. The molecule has 3 heterocycles. The van der Waals surface area contributed by atoms with Gasteiger partial charge in [-0.05, 0) is 36.4 Å². The highest BCUT2D eigenvalue weighted by Gasteiger charge is 2.17. The molecule has 1 amide bonds. The van der Waals surface area contributed by atoms with E-state index in [9.17, 15) is 4.79 Å². The molecule has 0 fully saturated rings. The molecule has 32 heavy (non-hydrogen) atoms. The SMILES string of the molecule is COc1ccc(-c2csc(NC(=O)CN(Cc3ccco3)Cc3ccco3)n2)c(OC)c1. The van der Waals surface area contributed by atoms with Crippen LogP contribution in [-0.2, 0) is 17.9 Å². The molecule has 8 nitrogen and oxygen atoms in total. The summed E-state index contributed by atoms with van der Waals surface area (Å²) in [4.78, 5) is 19.2. The number of carbonyl (C=O) groups excluding carboxylic acids is 1. The normalized spacial score (nSPS) is 11.0. The topological polar surface area (TPSA) is 90.0 Å².